The van der Waals surface area contributed by atoms with Crippen LogP contribution in [0.3, 0.4) is 0 Å². The lowest BCUT2D eigenvalue weighted by Crippen LogP contribution is -2.28. The van der Waals surface area contributed by atoms with Crippen molar-refractivity contribution >= 4 is 28.6 Å². The fourth-order valence-electron chi connectivity index (χ4n) is 1.39. The summed E-state index contributed by atoms with van der Waals surface area (Å²) in [4.78, 5) is 16.7. The first kappa shape index (κ1) is 12.3. The summed E-state index contributed by atoms with van der Waals surface area (Å²) < 4.78 is 0. The Kier molecular flexibility index (Phi) is 3.05. The quantitative estimate of drug-likeness (QED) is 0.925. The van der Waals surface area contributed by atoms with E-state index >= 15 is 0 Å². The van der Waals surface area contributed by atoms with Crippen molar-refractivity contribution in [2.45, 2.75) is 26.2 Å². The minimum absolute atomic E-state index is 0.646. The van der Waals surface area contributed by atoms with Crippen LogP contribution in [0.2, 0.25) is 0 Å². The van der Waals surface area contributed by atoms with Crippen LogP contribution in [0, 0.1) is 6.92 Å². The van der Waals surface area contributed by atoms with Crippen molar-refractivity contribution in [2.75, 3.05) is 0 Å². The Bertz CT molecular complexity index is 554. The van der Waals surface area contributed by atoms with E-state index in [1.807, 2.05) is 23.8 Å². The van der Waals surface area contributed by atoms with Crippen LogP contribution >= 0.6 is 22.7 Å². The number of hydrogen-bond acceptors (Lipinski definition) is 4. The van der Waals surface area contributed by atoms with Crippen LogP contribution in [0.15, 0.2) is 16.8 Å². The van der Waals surface area contributed by atoms with E-state index in [1.54, 1.807) is 25.2 Å². The van der Waals surface area contributed by atoms with E-state index in [2.05, 4.69) is 4.98 Å². The van der Waals surface area contributed by atoms with Crippen LogP contribution in [0.1, 0.15) is 24.4 Å². The van der Waals surface area contributed by atoms with Gasteiger partial charge in [-0.1, -0.05) is 0 Å². The van der Waals surface area contributed by atoms with Crippen LogP contribution in [-0.4, -0.2) is 16.1 Å². The summed E-state index contributed by atoms with van der Waals surface area (Å²) in [5.74, 6) is -0.846. The third-order valence-corrected chi connectivity index (χ3v) is 4.87. The Balaban J connectivity index is 2.41. The molecule has 1 N–H and O–H groups in total. The lowest BCUT2D eigenvalue weighted by Gasteiger charge is -2.14. The number of thiazole rings is 1. The topological polar surface area (TPSA) is 50.2 Å². The monoisotopic (exact) mass is 267 g/mol. The van der Waals surface area contributed by atoms with Crippen molar-refractivity contribution in [3.63, 3.8) is 0 Å². The Morgan fingerprint density at radius 1 is 1.41 bits per heavy atom. The van der Waals surface area contributed by atoms with Gasteiger partial charge in [0.25, 0.3) is 0 Å². The number of nitrogens with zero attached hydrogens (tertiary/aromatic N) is 1. The van der Waals surface area contributed by atoms with E-state index in [9.17, 15) is 4.79 Å². The molecule has 0 bridgehead atoms. The SMILES string of the molecule is Cc1ccsc1-c1csc(C(C)(C)C(=O)O)n1. The van der Waals surface area contributed by atoms with Crippen molar-refractivity contribution < 1.29 is 9.90 Å². The first-order valence-electron chi connectivity index (χ1n) is 5.17. The summed E-state index contributed by atoms with van der Waals surface area (Å²) >= 11 is 3.04. The number of hydrogen-bond donors (Lipinski definition) is 1. The summed E-state index contributed by atoms with van der Waals surface area (Å²) in [7, 11) is 0. The van der Waals surface area contributed by atoms with Gasteiger partial charge >= 0.3 is 5.97 Å². The van der Waals surface area contributed by atoms with E-state index in [0.717, 1.165) is 10.6 Å². The first-order chi connectivity index (χ1) is 7.93. The van der Waals surface area contributed by atoms with Crippen LogP contribution in [0.5, 0.6) is 0 Å². The summed E-state index contributed by atoms with van der Waals surface area (Å²) in [6, 6.07) is 2.04. The molecule has 0 aliphatic rings. The van der Waals surface area contributed by atoms with Crippen LogP contribution < -0.4 is 0 Å². The average Bonchev–Trinajstić information content (AvgIpc) is 2.85. The molecule has 0 amide bonds. The lowest BCUT2D eigenvalue weighted by atomic mass is 9.95. The third-order valence-electron chi connectivity index (χ3n) is 2.67. The molecule has 0 aliphatic heterocycles. The number of aromatic nitrogens is 1. The van der Waals surface area contributed by atoms with Gasteiger partial charge in [-0.15, -0.1) is 22.7 Å². The molecule has 0 spiro atoms. The van der Waals surface area contributed by atoms with Crippen LogP contribution in [-0.2, 0) is 10.2 Å². The van der Waals surface area contributed by atoms with E-state index in [1.165, 1.54) is 16.9 Å². The van der Waals surface area contributed by atoms with Gasteiger partial charge in [0.1, 0.15) is 10.4 Å². The molecule has 2 heterocycles. The zero-order valence-corrected chi connectivity index (χ0v) is 11.5. The van der Waals surface area contributed by atoms with Crippen molar-refractivity contribution in [3.8, 4) is 10.6 Å². The van der Waals surface area contributed by atoms with Crippen molar-refractivity contribution in [1.29, 1.82) is 0 Å². The molecule has 0 fully saturated rings. The smallest absolute Gasteiger partial charge is 0.316 e. The van der Waals surface area contributed by atoms with Crippen LogP contribution in [0.25, 0.3) is 10.6 Å². The van der Waals surface area contributed by atoms with E-state index in [-0.39, 0.29) is 0 Å². The summed E-state index contributed by atoms with van der Waals surface area (Å²) in [5, 5.41) is 13.8. The minimum Gasteiger partial charge on any atom is -0.481 e. The highest BCUT2D eigenvalue weighted by atomic mass is 32.1. The van der Waals surface area contributed by atoms with E-state index in [0.29, 0.717) is 5.01 Å². The maximum Gasteiger partial charge on any atom is 0.316 e. The second-order valence-corrected chi connectivity index (χ2v) is 6.18. The van der Waals surface area contributed by atoms with Crippen molar-refractivity contribution in [1.82, 2.24) is 4.98 Å². The summed E-state index contributed by atoms with van der Waals surface area (Å²) in [6.07, 6.45) is 0. The predicted octanol–water partition coefficient (Wildman–Crippen LogP) is 3.54. The van der Waals surface area contributed by atoms with Gasteiger partial charge in [-0.05, 0) is 37.8 Å². The highest BCUT2D eigenvalue weighted by Crippen LogP contribution is 2.34. The molecule has 0 saturated heterocycles. The second-order valence-electron chi connectivity index (χ2n) is 4.40. The number of carboxylic acid groups (broad SMARTS) is 1. The molecule has 0 unspecified atom stereocenters. The number of carbonyl (C=O) groups is 1. The molecular weight excluding hydrogens is 254 g/mol. The molecule has 2 aromatic heterocycles. The Labute approximate surface area is 108 Å². The van der Waals surface area contributed by atoms with E-state index in [4.69, 9.17) is 5.11 Å². The molecule has 0 aromatic carbocycles. The second kappa shape index (κ2) is 4.23. The van der Waals surface area contributed by atoms with Gasteiger partial charge in [-0.2, -0.15) is 0 Å². The van der Waals surface area contributed by atoms with Crippen molar-refractivity contribution in [2.24, 2.45) is 0 Å². The molecule has 3 nitrogen and oxygen atoms in total. The number of aryl methyl sites for hydroxylation is 1. The molecule has 2 rings (SSSR count). The number of thiophene rings is 1. The molecule has 0 saturated carbocycles. The molecule has 0 radical (unpaired) electrons. The highest BCUT2D eigenvalue weighted by Gasteiger charge is 2.33. The number of rotatable bonds is 3. The first-order valence-corrected chi connectivity index (χ1v) is 6.92. The molecule has 90 valence electrons. The van der Waals surface area contributed by atoms with Gasteiger partial charge in [0.15, 0.2) is 0 Å². The van der Waals surface area contributed by atoms with Gasteiger partial charge in [0.2, 0.25) is 0 Å². The van der Waals surface area contributed by atoms with Gasteiger partial charge in [0, 0.05) is 5.38 Å². The largest absolute Gasteiger partial charge is 0.481 e. The lowest BCUT2D eigenvalue weighted by molar-refractivity contribution is -0.142. The molecule has 17 heavy (non-hydrogen) atoms. The minimum atomic E-state index is -0.923. The third kappa shape index (κ3) is 2.12. The van der Waals surface area contributed by atoms with Gasteiger partial charge in [0.05, 0.1) is 10.6 Å². The number of aliphatic carboxylic acids is 1. The zero-order valence-electron chi connectivity index (χ0n) is 9.85. The normalized spacial score (nSPS) is 11.7. The Morgan fingerprint density at radius 3 is 2.65 bits per heavy atom. The maximum atomic E-state index is 11.2. The molecule has 0 atom stereocenters. The number of carboxylic acids is 1. The summed E-state index contributed by atoms with van der Waals surface area (Å²) in [6.45, 7) is 5.39. The van der Waals surface area contributed by atoms with Crippen LogP contribution in [0.4, 0.5) is 0 Å². The highest BCUT2D eigenvalue weighted by molar-refractivity contribution is 7.14. The maximum absolute atomic E-state index is 11.2. The van der Waals surface area contributed by atoms with Gasteiger partial charge in [-0.3, -0.25) is 4.79 Å². The standard InChI is InChI=1S/C12H13NO2S2/c1-7-4-5-16-9(7)8-6-17-10(13-8)12(2,3)11(14)15/h4-6H,1-3H3,(H,14,15). The average molecular weight is 267 g/mol. The molecule has 2 aromatic rings. The van der Waals surface area contributed by atoms with Crippen molar-refractivity contribution in [3.05, 3.63) is 27.4 Å². The summed E-state index contributed by atoms with van der Waals surface area (Å²) in [5.41, 5.74) is 1.14. The fourth-order valence-corrected chi connectivity index (χ4v) is 3.28. The molecule has 5 heteroatoms. The zero-order chi connectivity index (χ0) is 12.6. The van der Waals surface area contributed by atoms with Gasteiger partial charge in [-0.25, -0.2) is 4.98 Å². The Morgan fingerprint density at radius 2 is 2.12 bits per heavy atom. The van der Waals surface area contributed by atoms with E-state index < -0.39 is 11.4 Å². The van der Waals surface area contributed by atoms with Gasteiger partial charge < -0.3 is 5.11 Å². The molecule has 0 aliphatic carbocycles. The predicted molar refractivity (Wildman–Crippen MR) is 70.8 cm³/mol. The molecular formula is C12H13NO2S2. The Hall–Kier alpha value is -1.20. The fraction of sp³-hybridized carbons (Fsp3) is 0.333.